The number of fused-ring (bicyclic) bond motifs is 1. The molecule has 1 aromatic carbocycles. The molecule has 0 saturated carbocycles. The average Bonchev–Trinajstić information content (AvgIpc) is 2.65. The highest BCUT2D eigenvalue weighted by molar-refractivity contribution is 7.80. The summed E-state index contributed by atoms with van der Waals surface area (Å²) < 4.78 is 5.42. The summed E-state index contributed by atoms with van der Waals surface area (Å²) in [6.07, 6.45) is 2.67. The Hall–Kier alpha value is -1.22. The van der Waals surface area contributed by atoms with Gasteiger partial charge in [0.05, 0.1) is 13.2 Å². The minimum atomic E-state index is 0.695. The molecule has 0 radical (unpaired) electrons. The summed E-state index contributed by atoms with van der Waals surface area (Å²) in [6.45, 7) is 1.50. The standard InChI is InChI=1S/C11H11NOS/c14-6-4-12-8-9-1-2-11-10(7-9)3-5-13-11/h1-2,4,6-7H,3,5,8H2. The number of benzene rings is 1. The maximum absolute atomic E-state index is 5.42. The van der Waals surface area contributed by atoms with Crippen molar-refractivity contribution in [2.24, 2.45) is 4.99 Å². The molecule has 0 aromatic heterocycles. The van der Waals surface area contributed by atoms with Crippen LogP contribution in [0, 0.1) is 0 Å². The molecule has 0 N–H and O–H groups in total. The van der Waals surface area contributed by atoms with Crippen molar-refractivity contribution in [1.29, 1.82) is 0 Å². The maximum atomic E-state index is 5.42. The van der Waals surface area contributed by atoms with Crippen LogP contribution < -0.4 is 4.74 Å². The van der Waals surface area contributed by atoms with Crippen LogP contribution in [0.1, 0.15) is 11.1 Å². The Kier molecular flexibility index (Phi) is 2.89. The summed E-state index contributed by atoms with van der Waals surface area (Å²) in [5.41, 5.74) is 2.50. The molecular weight excluding hydrogens is 194 g/mol. The van der Waals surface area contributed by atoms with Crippen LogP contribution in [0.5, 0.6) is 5.75 Å². The van der Waals surface area contributed by atoms with E-state index in [9.17, 15) is 0 Å². The zero-order chi connectivity index (χ0) is 9.80. The van der Waals surface area contributed by atoms with E-state index in [4.69, 9.17) is 4.74 Å². The second-order valence-corrected chi connectivity index (χ2v) is 3.44. The van der Waals surface area contributed by atoms with Crippen molar-refractivity contribution in [1.82, 2.24) is 0 Å². The lowest BCUT2D eigenvalue weighted by molar-refractivity contribution is 0.357. The largest absolute Gasteiger partial charge is 0.493 e. The average molecular weight is 205 g/mol. The van der Waals surface area contributed by atoms with E-state index in [0.717, 1.165) is 18.8 Å². The molecule has 3 heteroatoms. The van der Waals surface area contributed by atoms with Crippen molar-refractivity contribution in [2.75, 3.05) is 6.61 Å². The number of hydrogen-bond acceptors (Lipinski definition) is 3. The fourth-order valence-electron chi connectivity index (χ4n) is 1.54. The van der Waals surface area contributed by atoms with E-state index in [1.807, 2.05) is 12.1 Å². The molecule has 0 spiro atoms. The van der Waals surface area contributed by atoms with Gasteiger partial charge in [-0.3, -0.25) is 4.99 Å². The summed E-state index contributed by atoms with van der Waals surface area (Å²) in [6, 6.07) is 6.22. The fraction of sp³-hybridized carbons (Fsp3) is 0.273. The summed E-state index contributed by atoms with van der Waals surface area (Å²) in [4.78, 5) is 4.16. The van der Waals surface area contributed by atoms with Gasteiger partial charge in [-0.25, -0.2) is 0 Å². The van der Waals surface area contributed by atoms with Gasteiger partial charge >= 0.3 is 0 Å². The lowest BCUT2D eigenvalue weighted by Gasteiger charge is -2.00. The summed E-state index contributed by atoms with van der Waals surface area (Å²) >= 11 is 4.65. The van der Waals surface area contributed by atoms with E-state index in [2.05, 4.69) is 23.3 Å². The van der Waals surface area contributed by atoms with Crippen LogP contribution in [0.4, 0.5) is 0 Å². The molecule has 2 rings (SSSR count). The first-order valence-electron chi connectivity index (χ1n) is 4.58. The molecule has 0 atom stereocenters. The lowest BCUT2D eigenvalue weighted by Crippen LogP contribution is -1.85. The third-order valence-electron chi connectivity index (χ3n) is 2.19. The van der Waals surface area contributed by atoms with Crippen molar-refractivity contribution in [3.8, 4) is 5.75 Å². The molecule has 0 amide bonds. The smallest absolute Gasteiger partial charge is 0.122 e. The number of nitrogens with zero attached hydrogens (tertiary/aromatic N) is 1. The number of ether oxygens (including phenoxy) is 1. The van der Waals surface area contributed by atoms with Gasteiger partial charge in [0.2, 0.25) is 0 Å². The van der Waals surface area contributed by atoms with Gasteiger partial charge in [0.25, 0.3) is 0 Å². The Morgan fingerprint density at radius 1 is 1.50 bits per heavy atom. The van der Waals surface area contributed by atoms with Gasteiger partial charge in [-0.15, -0.1) is 0 Å². The first kappa shape index (κ1) is 9.34. The number of aliphatic imine (C=N–C) groups is 1. The highest BCUT2D eigenvalue weighted by Gasteiger charge is 2.11. The summed E-state index contributed by atoms with van der Waals surface area (Å²) in [5, 5.41) is 1.52. The van der Waals surface area contributed by atoms with Crippen molar-refractivity contribution in [2.45, 2.75) is 13.0 Å². The van der Waals surface area contributed by atoms with Gasteiger partial charge < -0.3 is 4.74 Å². The highest BCUT2D eigenvalue weighted by Crippen LogP contribution is 2.25. The van der Waals surface area contributed by atoms with E-state index in [-0.39, 0.29) is 0 Å². The van der Waals surface area contributed by atoms with Crippen molar-refractivity contribution < 1.29 is 4.74 Å². The van der Waals surface area contributed by atoms with E-state index >= 15 is 0 Å². The Bertz CT molecular complexity index is 374. The third-order valence-corrected chi connectivity index (χ3v) is 2.32. The molecule has 0 unspecified atom stereocenters. The van der Waals surface area contributed by atoms with Gasteiger partial charge in [0, 0.05) is 18.0 Å². The van der Waals surface area contributed by atoms with E-state index < -0.39 is 0 Å². The lowest BCUT2D eigenvalue weighted by atomic mass is 10.1. The second-order valence-electron chi connectivity index (χ2n) is 3.17. The molecule has 0 aliphatic carbocycles. The number of hydrogen-bond donors (Lipinski definition) is 0. The zero-order valence-electron chi connectivity index (χ0n) is 7.77. The highest BCUT2D eigenvalue weighted by atomic mass is 32.1. The zero-order valence-corrected chi connectivity index (χ0v) is 8.59. The van der Waals surface area contributed by atoms with Gasteiger partial charge in [-0.05, 0) is 17.2 Å². The second kappa shape index (κ2) is 4.33. The van der Waals surface area contributed by atoms with Crippen molar-refractivity contribution >= 4 is 23.8 Å². The Balaban J connectivity index is 2.12. The molecule has 0 saturated heterocycles. The Morgan fingerprint density at radius 2 is 2.43 bits per heavy atom. The first-order chi connectivity index (χ1) is 6.90. The molecule has 0 bridgehead atoms. The molecule has 1 heterocycles. The molecular formula is C11H11NOS. The van der Waals surface area contributed by atoms with Crippen molar-refractivity contribution in [3.63, 3.8) is 0 Å². The quantitative estimate of drug-likeness (QED) is 0.557. The van der Waals surface area contributed by atoms with Crippen LogP contribution in [-0.2, 0) is 13.0 Å². The van der Waals surface area contributed by atoms with Gasteiger partial charge in [-0.1, -0.05) is 24.4 Å². The van der Waals surface area contributed by atoms with Gasteiger partial charge in [0.1, 0.15) is 5.75 Å². The SMILES string of the molecule is S=CC=NCc1ccc2c(c1)CCO2. The maximum Gasteiger partial charge on any atom is 0.122 e. The molecule has 1 aromatic rings. The minimum absolute atomic E-state index is 0.695. The van der Waals surface area contributed by atoms with Crippen LogP contribution in [0.2, 0.25) is 0 Å². The van der Waals surface area contributed by atoms with Crippen LogP contribution in [0.25, 0.3) is 0 Å². The molecule has 1 aliphatic heterocycles. The van der Waals surface area contributed by atoms with E-state index in [1.54, 1.807) is 6.21 Å². The number of thiocarbonyl (C=S) groups is 1. The van der Waals surface area contributed by atoms with Crippen molar-refractivity contribution in [3.05, 3.63) is 29.3 Å². The Morgan fingerprint density at radius 3 is 3.29 bits per heavy atom. The molecule has 72 valence electrons. The summed E-state index contributed by atoms with van der Waals surface area (Å²) in [7, 11) is 0. The van der Waals surface area contributed by atoms with Crippen LogP contribution in [-0.4, -0.2) is 18.2 Å². The molecule has 2 nitrogen and oxygen atoms in total. The topological polar surface area (TPSA) is 21.6 Å². The van der Waals surface area contributed by atoms with Gasteiger partial charge in [0.15, 0.2) is 0 Å². The van der Waals surface area contributed by atoms with Crippen LogP contribution in [0.3, 0.4) is 0 Å². The van der Waals surface area contributed by atoms with E-state index in [0.29, 0.717) is 6.54 Å². The predicted molar refractivity (Wildman–Crippen MR) is 61.5 cm³/mol. The van der Waals surface area contributed by atoms with Crippen LogP contribution in [0.15, 0.2) is 23.2 Å². The molecule has 1 aliphatic rings. The van der Waals surface area contributed by atoms with E-state index in [1.165, 1.54) is 16.5 Å². The molecule has 0 fully saturated rings. The first-order valence-corrected chi connectivity index (χ1v) is 5.05. The number of rotatable bonds is 3. The third kappa shape index (κ3) is 1.99. The predicted octanol–water partition coefficient (Wildman–Crippen LogP) is 2.19. The summed E-state index contributed by atoms with van der Waals surface area (Å²) in [5.74, 6) is 1.02. The van der Waals surface area contributed by atoms with Gasteiger partial charge in [-0.2, -0.15) is 0 Å². The van der Waals surface area contributed by atoms with Crippen LogP contribution >= 0.6 is 12.2 Å². The Labute approximate surface area is 88.6 Å². The monoisotopic (exact) mass is 205 g/mol. The normalized spacial score (nSPS) is 14.0. The minimum Gasteiger partial charge on any atom is -0.493 e. The fourth-order valence-corrected chi connectivity index (χ4v) is 1.63. The molecule has 14 heavy (non-hydrogen) atoms.